The van der Waals surface area contributed by atoms with E-state index in [0.717, 1.165) is 28.3 Å². The van der Waals surface area contributed by atoms with Crippen molar-refractivity contribution in [3.63, 3.8) is 0 Å². The fourth-order valence-electron chi connectivity index (χ4n) is 4.34. The summed E-state index contributed by atoms with van der Waals surface area (Å²) in [6.45, 7) is 0. The molecule has 3 aliphatic carbocycles. The number of hydrazone groups is 1. The number of amidine groups is 1. The molecule has 1 spiro atoms. The molecule has 0 radical (unpaired) electrons. The van der Waals surface area contributed by atoms with Crippen LogP contribution in [0.5, 0.6) is 0 Å². The highest BCUT2D eigenvalue weighted by Gasteiger charge is 2.53. The zero-order valence-corrected chi connectivity index (χ0v) is 12.5. The van der Waals surface area contributed by atoms with E-state index in [1.54, 1.807) is 0 Å². The van der Waals surface area contributed by atoms with E-state index in [-0.39, 0.29) is 5.66 Å². The van der Waals surface area contributed by atoms with Crippen molar-refractivity contribution in [2.75, 3.05) is 7.05 Å². The molecule has 1 aromatic rings. The predicted octanol–water partition coefficient (Wildman–Crippen LogP) is 3.44. The van der Waals surface area contributed by atoms with Crippen molar-refractivity contribution in [2.24, 2.45) is 16.9 Å². The first-order chi connectivity index (χ1) is 9.69. The Kier molecular flexibility index (Phi) is 2.75. The van der Waals surface area contributed by atoms with Crippen LogP contribution < -0.4 is 5.43 Å². The van der Waals surface area contributed by atoms with Crippen LogP contribution in [0, 0.1) is 11.8 Å². The van der Waals surface area contributed by atoms with Gasteiger partial charge in [0.2, 0.25) is 0 Å². The molecule has 2 bridgehead atoms. The molecule has 3 fully saturated rings. The Hall–Kier alpha value is -1.22. The first kappa shape index (κ1) is 12.5. The van der Waals surface area contributed by atoms with Gasteiger partial charge in [0, 0.05) is 23.6 Å². The van der Waals surface area contributed by atoms with Crippen molar-refractivity contribution in [3.8, 4) is 0 Å². The quantitative estimate of drug-likeness (QED) is 0.857. The Morgan fingerprint density at radius 1 is 1.20 bits per heavy atom. The molecule has 0 aromatic heterocycles. The monoisotopic (exact) mass is 289 g/mol. The molecule has 4 heteroatoms. The number of hydrogen-bond acceptors (Lipinski definition) is 3. The minimum absolute atomic E-state index is 0.0656. The molecule has 1 N–H and O–H groups in total. The van der Waals surface area contributed by atoms with Crippen molar-refractivity contribution in [2.45, 2.75) is 37.8 Å². The number of rotatable bonds is 1. The maximum atomic E-state index is 5.98. The van der Waals surface area contributed by atoms with Gasteiger partial charge in [-0.05, 0) is 62.3 Å². The molecule has 106 valence electrons. The third kappa shape index (κ3) is 1.69. The summed E-state index contributed by atoms with van der Waals surface area (Å²) < 4.78 is 0. The fraction of sp³-hybridized carbons (Fsp3) is 0.562. The average Bonchev–Trinajstić information content (AvgIpc) is 2.79. The molecule has 1 aromatic carbocycles. The third-order valence-electron chi connectivity index (χ3n) is 5.50. The largest absolute Gasteiger partial charge is 0.333 e. The summed E-state index contributed by atoms with van der Waals surface area (Å²) in [7, 11) is 2.19. The number of fused-ring (bicyclic) bond motifs is 2. The van der Waals surface area contributed by atoms with Crippen LogP contribution in [0.1, 0.15) is 37.7 Å². The van der Waals surface area contributed by atoms with Crippen LogP contribution in [0.4, 0.5) is 0 Å². The minimum atomic E-state index is 0.0656. The van der Waals surface area contributed by atoms with Crippen molar-refractivity contribution in [3.05, 3.63) is 34.9 Å². The smallest absolute Gasteiger partial charge is 0.157 e. The van der Waals surface area contributed by atoms with Gasteiger partial charge >= 0.3 is 0 Å². The molecular weight excluding hydrogens is 270 g/mol. The van der Waals surface area contributed by atoms with Crippen molar-refractivity contribution in [1.82, 2.24) is 10.3 Å². The number of nitrogens with zero attached hydrogens (tertiary/aromatic N) is 2. The molecule has 0 amide bonds. The maximum Gasteiger partial charge on any atom is 0.157 e. The normalized spacial score (nSPS) is 35.3. The van der Waals surface area contributed by atoms with Crippen molar-refractivity contribution < 1.29 is 0 Å². The highest BCUT2D eigenvalue weighted by Crippen LogP contribution is 2.50. The van der Waals surface area contributed by atoms with E-state index in [1.807, 2.05) is 12.1 Å². The standard InChI is InChI=1S/C16H20ClN3/c1-20-15(12-4-8-14(17)9-5-12)18-19-16(20)10-11-2-6-13(16)7-3-11/h4-5,8-9,11,13,19H,2-3,6-7,10H2,1H3/t11?,13?,16-/m1/s1. The minimum Gasteiger partial charge on any atom is -0.333 e. The number of benzene rings is 1. The van der Waals surface area contributed by atoms with Crippen molar-refractivity contribution >= 4 is 17.4 Å². The third-order valence-corrected chi connectivity index (χ3v) is 5.75. The van der Waals surface area contributed by atoms with Gasteiger partial charge in [-0.1, -0.05) is 11.6 Å². The Labute approximate surface area is 125 Å². The van der Waals surface area contributed by atoms with Gasteiger partial charge in [0.25, 0.3) is 0 Å². The topological polar surface area (TPSA) is 27.6 Å². The van der Waals surface area contributed by atoms with Gasteiger partial charge in [0.1, 0.15) is 5.66 Å². The lowest BCUT2D eigenvalue weighted by Crippen LogP contribution is -2.62. The SMILES string of the molecule is CN1C(c2ccc(Cl)cc2)=NN[C@]12CC1CCC2CC1. The van der Waals surface area contributed by atoms with Crippen molar-refractivity contribution in [1.29, 1.82) is 0 Å². The molecule has 5 rings (SSSR count). The van der Waals surface area contributed by atoms with E-state index in [4.69, 9.17) is 11.6 Å². The van der Waals surface area contributed by atoms with Crippen LogP contribution in [0.15, 0.2) is 29.4 Å². The first-order valence-corrected chi connectivity index (χ1v) is 7.91. The van der Waals surface area contributed by atoms with Gasteiger partial charge in [0.15, 0.2) is 5.84 Å². The second-order valence-corrected chi connectivity index (χ2v) is 6.90. The summed E-state index contributed by atoms with van der Waals surface area (Å²) in [5.41, 5.74) is 4.70. The van der Waals surface area contributed by atoms with Crippen LogP contribution in [0.25, 0.3) is 0 Å². The molecule has 1 atom stereocenters. The molecule has 20 heavy (non-hydrogen) atoms. The molecule has 0 unspecified atom stereocenters. The number of hydrogen-bond donors (Lipinski definition) is 1. The molecule has 1 heterocycles. The van der Waals surface area contributed by atoms with E-state index in [0.29, 0.717) is 0 Å². The highest BCUT2D eigenvalue weighted by atomic mass is 35.5. The second kappa shape index (κ2) is 4.39. The Bertz CT molecular complexity index is 545. The van der Waals surface area contributed by atoms with Gasteiger partial charge in [-0.15, -0.1) is 0 Å². The summed E-state index contributed by atoms with van der Waals surface area (Å²) in [4.78, 5) is 2.38. The lowest BCUT2D eigenvalue weighted by molar-refractivity contribution is -0.0197. The zero-order chi connectivity index (χ0) is 13.7. The van der Waals surface area contributed by atoms with E-state index < -0.39 is 0 Å². The van der Waals surface area contributed by atoms with Crippen LogP contribution in [-0.2, 0) is 0 Å². The summed E-state index contributed by atoms with van der Waals surface area (Å²) in [6, 6.07) is 7.98. The first-order valence-electron chi connectivity index (χ1n) is 7.54. The molecule has 1 aliphatic heterocycles. The van der Waals surface area contributed by atoms with Gasteiger partial charge in [-0.3, -0.25) is 5.43 Å². The van der Waals surface area contributed by atoms with Crippen LogP contribution >= 0.6 is 11.6 Å². The zero-order valence-electron chi connectivity index (χ0n) is 11.8. The summed E-state index contributed by atoms with van der Waals surface area (Å²) in [6.07, 6.45) is 6.71. The average molecular weight is 290 g/mol. The van der Waals surface area contributed by atoms with E-state index in [1.165, 1.54) is 32.1 Å². The Balaban J connectivity index is 1.64. The lowest BCUT2D eigenvalue weighted by Gasteiger charge is -2.53. The maximum absolute atomic E-state index is 5.98. The van der Waals surface area contributed by atoms with E-state index in [9.17, 15) is 0 Å². The summed E-state index contributed by atoms with van der Waals surface area (Å²) >= 11 is 5.98. The second-order valence-electron chi connectivity index (χ2n) is 6.46. The molecule has 3 saturated carbocycles. The Morgan fingerprint density at radius 2 is 1.90 bits per heavy atom. The van der Waals surface area contributed by atoms with Crippen LogP contribution in [0.3, 0.4) is 0 Å². The predicted molar refractivity (Wildman–Crippen MR) is 81.7 cm³/mol. The van der Waals surface area contributed by atoms with Crippen LogP contribution in [0.2, 0.25) is 5.02 Å². The molecule has 0 saturated heterocycles. The Morgan fingerprint density at radius 3 is 2.50 bits per heavy atom. The van der Waals surface area contributed by atoms with Gasteiger partial charge in [-0.2, -0.15) is 5.10 Å². The molecular formula is C16H20ClN3. The van der Waals surface area contributed by atoms with Crippen LogP contribution in [-0.4, -0.2) is 23.4 Å². The fourth-order valence-corrected chi connectivity index (χ4v) is 4.47. The van der Waals surface area contributed by atoms with E-state index in [2.05, 4.69) is 34.6 Å². The number of halogens is 1. The number of nitrogens with one attached hydrogen (secondary N) is 1. The molecule has 3 nitrogen and oxygen atoms in total. The summed E-state index contributed by atoms with van der Waals surface area (Å²) in [5.74, 6) is 2.65. The van der Waals surface area contributed by atoms with Gasteiger partial charge in [-0.25, -0.2) is 0 Å². The van der Waals surface area contributed by atoms with Gasteiger partial charge in [0.05, 0.1) is 0 Å². The van der Waals surface area contributed by atoms with Gasteiger partial charge < -0.3 is 4.90 Å². The van der Waals surface area contributed by atoms with E-state index >= 15 is 0 Å². The lowest BCUT2D eigenvalue weighted by atomic mass is 9.64. The summed E-state index contributed by atoms with van der Waals surface area (Å²) in [5, 5.41) is 5.43. The highest BCUT2D eigenvalue weighted by molar-refractivity contribution is 6.30. The molecule has 4 aliphatic rings.